The van der Waals surface area contributed by atoms with Gasteiger partial charge in [-0.05, 0) is 18.8 Å². The van der Waals surface area contributed by atoms with E-state index in [1.54, 1.807) is 18.4 Å². The van der Waals surface area contributed by atoms with Crippen LogP contribution in [0.25, 0.3) is 0 Å². The average Bonchev–Trinajstić information content (AvgIpc) is 3.21. The molecule has 2 aromatic rings. The Hall–Kier alpha value is -1.89. The fourth-order valence-corrected chi connectivity index (χ4v) is 3.68. The van der Waals surface area contributed by atoms with Crippen LogP contribution in [-0.4, -0.2) is 27.5 Å². The van der Waals surface area contributed by atoms with Crippen molar-refractivity contribution in [3.8, 4) is 0 Å². The molecule has 0 fully saturated rings. The average molecular weight is 347 g/mol. The predicted molar refractivity (Wildman–Crippen MR) is 98.4 cm³/mol. The van der Waals surface area contributed by atoms with Crippen LogP contribution >= 0.6 is 11.3 Å². The first kappa shape index (κ1) is 17.0. The number of aryl methyl sites for hydroxylation is 2. The van der Waals surface area contributed by atoms with Crippen molar-refractivity contribution < 1.29 is 0 Å². The molecule has 0 atom stereocenters. The number of hydrogen-bond donors (Lipinski definition) is 2. The topological polar surface area (TPSA) is 67.1 Å². The zero-order valence-electron chi connectivity index (χ0n) is 14.7. The maximum absolute atomic E-state index is 4.71. The summed E-state index contributed by atoms with van der Waals surface area (Å²) in [5.74, 6) is 2.46. The van der Waals surface area contributed by atoms with Crippen LogP contribution in [0.2, 0.25) is 0 Å². The minimum atomic E-state index is 0.472. The molecule has 0 saturated carbocycles. The summed E-state index contributed by atoms with van der Waals surface area (Å²) in [5.41, 5.74) is 2.23. The number of aromatic nitrogens is 3. The van der Waals surface area contributed by atoms with Gasteiger partial charge in [-0.15, -0.1) is 11.3 Å². The van der Waals surface area contributed by atoms with Crippen LogP contribution in [0.1, 0.15) is 54.8 Å². The molecule has 0 unspecified atom stereocenters. The van der Waals surface area contributed by atoms with Crippen molar-refractivity contribution in [3.05, 3.63) is 33.8 Å². The van der Waals surface area contributed by atoms with Crippen LogP contribution in [0.3, 0.4) is 0 Å². The molecule has 0 spiro atoms. The number of rotatable bonds is 5. The highest BCUT2D eigenvalue weighted by atomic mass is 32.1. The zero-order valence-corrected chi connectivity index (χ0v) is 15.5. The Balaban J connectivity index is 1.50. The van der Waals surface area contributed by atoms with Gasteiger partial charge in [0.2, 0.25) is 0 Å². The van der Waals surface area contributed by atoms with Crippen molar-refractivity contribution in [2.45, 2.75) is 58.7 Å². The summed E-state index contributed by atoms with van der Waals surface area (Å²) in [4.78, 5) is 13.6. The molecule has 6 nitrogen and oxygen atoms in total. The number of fused-ring (bicyclic) bond motifs is 1. The summed E-state index contributed by atoms with van der Waals surface area (Å²) >= 11 is 1.69. The van der Waals surface area contributed by atoms with E-state index in [0.29, 0.717) is 19.0 Å². The summed E-state index contributed by atoms with van der Waals surface area (Å²) in [7, 11) is 1.79. The van der Waals surface area contributed by atoms with Crippen molar-refractivity contribution in [1.82, 2.24) is 25.2 Å². The van der Waals surface area contributed by atoms with Gasteiger partial charge < -0.3 is 15.2 Å². The fraction of sp³-hybridized carbons (Fsp3) is 0.588. The molecule has 130 valence electrons. The molecule has 0 aliphatic carbocycles. The second-order valence-corrected chi connectivity index (χ2v) is 7.34. The van der Waals surface area contributed by atoms with Crippen molar-refractivity contribution >= 4 is 17.3 Å². The first-order valence-electron chi connectivity index (χ1n) is 8.59. The number of imidazole rings is 1. The molecular weight excluding hydrogens is 320 g/mol. The summed E-state index contributed by atoms with van der Waals surface area (Å²) in [5, 5.41) is 9.87. The molecule has 24 heavy (non-hydrogen) atoms. The van der Waals surface area contributed by atoms with Crippen LogP contribution in [0, 0.1) is 0 Å². The quantitative estimate of drug-likeness (QED) is 0.645. The largest absolute Gasteiger partial charge is 0.351 e. The minimum Gasteiger partial charge on any atom is -0.351 e. The van der Waals surface area contributed by atoms with E-state index >= 15 is 0 Å². The second-order valence-electron chi connectivity index (χ2n) is 6.40. The Morgan fingerprint density at radius 3 is 2.83 bits per heavy atom. The van der Waals surface area contributed by atoms with E-state index in [-0.39, 0.29) is 0 Å². The number of thiazole rings is 1. The molecule has 3 rings (SSSR count). The van der Waals surface area contributed by atoms with Gasteiger partial charge in [0.25, 0.3) is 0 Å². The maximum atomic E-state index is 4.71. The van der Waals surface area contributed by atoms with Crippen LogP contribution < -0.4 is 10.6 Å². The minimum absolute atomic E-state index is 0.472. The standard InChI is InChI=1S/C17H26N6S/c1-12(2)14-11-24-16(22-14)9-20-17(18-3)19-8-13-10-23-7-5-4-6-15(23)21-13/h10-12H,4-9H2,1-3H3,(H2,18,19,20). The lowest BCUT2D eigenvalue weighted by Gasteiger charge is -2.11. The van der Waals surface area contributed by atoms with Crippen LogP contribution in [0.5, 0.6) is 0 Å². The fourth-order valence-electron chi connectivity index (χ4n) is 2.78. The molecular formula is C17H26N6S. The van der Waals surface area contributed by atoms with E-state index in [0.717, 1.165) is 35.3 Å². The van der Waals surface area contributed by atoms with E-state index in [1.807, 2.05) is 0 Å². The van der Waals surface area contributed by atoms with Crippen molar-refractivity contribution in [2.24, 2.45) is 4.99 Å². The molecule has 0 bridgehead atoms. The highest BCUT2D eigenvalue weighted by molar-refractivity contribution is 7.09. The Morgan fingerprint density at radius 1 is 1.29 bits per heavy atom. The van der Waals surface area contributed by atoms with E-state index < -0.39 is 0 Å². The Bertz CT molecular complexity index is 676. The van der Waals surface area contributed by atoms with Gasteiger partial charge in [-0.1, -0.05) is 13.8 Å². The summed E-state index contributed by atoms with van der Waals surface area (Å²) in [6.07, 6.45) is 5.75. The van der Waals surface area contributed by atoms with Gasteiger partial charge in [-0.2, -0.15) is 0 Å². The highest BCUT2D eigenvalue weighted by Crippen LogP contribution is 2.17. The molecule has 2 N–H and O–H groups in total. The molecule has 1 aliphatic rings. The van der Waals surface area contributed by atoms with Gasteiger partial charge >= 0.3 is 0 Å². The Labute approximate surface area is 147 Å². The molecule has 2 aromatic heterocycles. The first-order chi connectivity index (χ1) is 11.7. The lowest BCUT2D eigenvalue weighted by molar-refractivity contribution is 0.522. The van der Waals surface area contributed by atoms with Crippen LogP contribution in [0.4, 0.5) is 0 Å². The number of nitrogens with one attached hydrogen (secondary N) is 2. The smallest absolute Gasteiger partial charge is 0.191 e. The van der Waals surface area contributed by atoms with Gasteiger partial charge in [-0.3, -0.25) is 4.99 Å². The molecule has 0 radical (unpaired) electrons. The van der Waals surface area contributed by atoms with E-state index in [4.69, 9.17) is 4.98 Å². The number of guanidine groups is 1. The number of hydrogen-bond acceptors (Lipinski definition) is 4. The SMILES string of the molecule is CN=C(NCc1cn2c(n1)CCCC2)NCc1nc(C(C)C)cs1. The maximum Gasteiger partial charge on any atom is 0.191 e. The summed E-state index contributed by atoms with van der Waals surface area (Å²) in [6.45, 7) is 6.80. The van der Waals surface area contributed by atoms with Crippen LogP contribution in [0.15, 0.2) is 16.6 Å². The van der Waals surface area contributed by atoms with Gasteiger partial charge in [0.1, 0.15) is 10.8 Å². The molecule has 0 saturated heterocycles. The molecule has 3 heterocycles. The predicted octanol–water partition coefficient (Wildman–Crippen LogP) is 2.66. The Morgan fingerprint density at radius 2 is 2.12 bits per heavy atom. The van der Waals surface area contributed by atoms with Crippen LogP contribution in [-0.2, 0) is 26.1 Å². The summed E-state index contributed by atoms with van der Waals surface area (Å²) < 4.78 is 2.28. The Kier molecular flexibility index (Phi) is 5.50. The van der Waals surface area contributed by atoms with E-state index in [9.17, 15) is 0 Å². The molecule has 0 amide bonds. The molecule has 1 aliphatic heterocycles. The van der Waals surface area contributed by atoms with Crippen molar-refractivity contribution in [2.75, 3.05) is 7.05 Å². The van der Waals surface area contributed by atoms with E-state index in [1.165, 1.54) is 18.7 Å². The number of nitrogens with zero attached hydrogens (tertiary/aromatic N) is 4. The first-order valence-corrected chi connectivity index (χ1v) is 9.47. The van der Waals surface area contributed by atoms with Crippen molar-refractivity contribution in [1.29, 1.82) is 0 Å². The molecule has 7 heteroatoms. The third kappa shape index (κ3) is 4.14. The normalized spacial score (nSPS) is 14.8. The summed E-state index contributed by atoms with van der Waals surface area (Å²) in [6, 6.07) is 0. The van der Waals surface area contributed by atoms with E-state index in [2.05, 4.69) is 50.6 Å². The monoisotopic (exact) mass is 346 g/mol. The van der Waals surface area contributed by atoms with Gasteiger partial charge in [0, 0.05) is 31.6 Å². The third-order valence-corrected chi connectivity index (χ3v) is 5.05. The third-order valence-electron chi connectivity index (χ3n) is 4.19. The highest BCUT2D eigenvalue weighted by Gasteiger charge is 2.12. The van der Waals surface area contributed by atoms with Gasteiger partial charge in [0.05, 0.1) is 24.5 Å². The number of aliphatic imine (C=N–C) groups is 1. The van der Waals surface area contributed by atoms with Gasteiger partial charge in [0.15, 0.2) is 5.96 Å². The zero-order chi connectivity index (χ0) is 16.9. The lowest BCUT2D eigenvalue weighted by atomic mass is 10.2. The second kappa shape index (κ2) is 7.79. The molecule has 0 aromatic carbocycles. The van der Waals surface area contributed by atoms with Gasteiger partial charge in [-0.25, -0.2) is 9.97 Å². The lowest BCUT2D eigenvalue weighted by Crippen LogP contribution is -2.36. The van der Waals surface area contributed by atoms with Crippen molar-refractivity contribution in [3.63, 3.8) is 0 Å².